The number of nitrogens with zero attached hydrogens (tertiary/aromatic N) is 4. The Balaban J connectivity index is 1.89. The van der Waals surface area contributed by atoms with Gasteiger partial charge in [0.1, 0.15) is 12.1 Å². The largest absolute Gasteiger partial charge is 0.346 e. The molecule has 0 atom stereocenters. The highest BCUT2D eigenvalue weighted by Crippen LogP contribution is 2.29. The van der Waals surface area contributed by atoms with Crippen molar-refractivity contribution in [2.24, 2.45) is 5.73 Å². The van der Waals surface area contributed by atoms with Crippen LogP contribution in [0.15, 0.2) is 52.0 Å². The lowest BCUT2D eigenvalue weighted by Crippen LogP contribution is -2.27. The maximum Gasteiger partial charge on any atom is 0.346 e. The number of hydrogen-bond donors (Lipinski definition) is 1. The highest BCUT2D eigenvalue weighted by Gasteiger charge is 2.16. The number of rotatable bonds is 7. The van der Waals surface area contributed by atoms with Crippen LogP contribution in [-0.4, -0.2) is 25.5 Å². The molecule has 2 N–H and O–H groups in total. The first-order valence-electron chi connectivity index (χ1n) is 8.69. The summed E-state index contributed by atoms with van der Waals surface area (Å²) in [7, 11) is 0. The number of halogens is 3. The fraction of sp³-hybridized carbons (Fsp3) is 0.278. The molecular weight excluding hydrogens is 407 g/mol. The van der Waals surface area contributed by atoms with E-state index in [4.69, 9.17) is 5.73 Å². The Hall–Kier alpha value is -2.92. The molecule has 3 aromatic rings. The summed E-state index contributed by atoms with van der Waals surface area (Å²) in [5.74, 6) is -0.562. The molecule has 3 heterocycles. The molecule has 0 radical (unpaired) electrons. The van der Waals surface area contributed by atoms with Crippen molar-refractivity contribution < 1.29 is 13.2 Å². The molecule has 29 heavy (non-hydrogen) atoms. The maximum absolute atomic E-state index is 14.4. The van der Waals surface area contributed by atoms with E-state index in [0.29, 0.717) is 17.0 Å². The van der Waals surface area contributed by atoms with Gasteiger partial charge in [-0.1, -0.05) is 0 Å². The van der Waals surface area contributed by atoms with E-state index in [0.717, 1.165) is 26.9 Å². The van der Waals surface area contributed by atoms with E-state index in [9.17, 15) is 22.8 Å². The molecule has 0 bridgehead atoms. The van der Waals surface area contributed by atoms with Crippen molar-refractivity contribution >= 4 is 11.3 Å². The smallest absolute Gasteiger partial charge is 0.327 e. The van der Waals surface area contributed by atoms with Gasteiger partial charge in [0, 0.05) is 29.7 Å². The minimum absolute atomic E-state index is 0.135. The van der Waals surface area contributed by atoms with Crippen LogP contribution in [0.4, 0.5) is 13.2 Å². The molecule has 154 valence electrons. The minimum atomic E-state index is -1.96. The third-order valence-corrected chi connectivity index (χ3v) is 5.48. The first kappa shape index (κ1) is 20.8. The van der Waals surface area contributed by atoms with Crippen molar-refractivity contribution in [3.8, 4) is 10.4 Å². The molecule has 0 spiro atoms. The van der Waals surface area contributed by atoms with Gasteiger partial charge in [0.05, 0.1) is 23.5 Å². The molecule has 0 aliphatic heterocycles. The van der Waals surface area contributed by atoms with Crippen molar-refractivity contribution in [2.45, 2.75) is 26.6 Å². The number of thiophene rings is 1. The molecule has 0 saturated carbocycles. The lowest BCUT2D eigenvalue weighted by Gasteiger charge is -2.03. The topological polar surface area (TPSA) is 87.8 Å². The molecular formula is C18H18F3N5O2S. The predicted octanol–water partition coefficient (Wildman–Crippen LogP) is 2.25. The molecule has 3 aromatic heterocycles. The lowest BCUT2D eigenvalue weighted by atomic mass is 10.2. The first-order valence-corrected chi connectivity index (χ1v) is 9.50. The van der Waals surface area contributed by atoms with E-state index in [-0.39, 0.29) is 17.0 Å². The van der Waals surface area contributed by atoms with Crippen LogP contribution in [0.1, 0.15) is 11.8 Å². The molecule has 0 aliphatic rings. The van der Waals surface area contributed by atoms with Crippen LogP contribution in [0.2, 0.25) is 0 Å². The summed E-state index contributed by atoms with van der Waals surface area (Å²) in [6.07, 6.45) is 0.843. The van der Waals surface area contributed by atoms with Gasteiger partial charge in [-0.25, -0.2) is 13.9 Å². The monoisotopic (exact) mass is 425 g/mol. The van der Waals surface area contributed by atoms with E-state index < -0.39 is 36.3 Å². The Morgan fingerprint density at radius 2 is 2.03 bits per heavy atom. The third kappa shape index (κ3) is 4.25. The zero-order valence-corrected chi connectivity index (χ0v) is 16.3. The normalized spacial score (nSPS) is 11.1. The third-order valence-electron chi connectivity index (χ3n) is 4.35. The molecule has 11 heteroatoms. The van der Waals surface area contributed by atoms with Crippen LogP contribution >= 0.6 is 11.3 Å². The van der Waals surface area contributed by atoms with Crippen molar-refractivity contribution in [3.63, 3.8) is 0 Å². The number of hydrogen-bond acceptors (Lipinski definition) is 5. The Morgan fingerprint density at radius 3 is 2.69 bits per heavy atom. The van der Waals surface area contributed by atoms with E-state index in [1.807, 2.05) is 6.92 Å². The Bertz CT molecular complexity index is 1170. The molecule has 0 amide bonds. The zero-order valence-electron chi connectivity index (χ0n) is 15.4. The summed E-state index contributed by atoms with van der Waals surface area (Å²) in [4.78, 5) is 25.4. The minimum Gasteiger partial charge on any atom is -0.327 e. The summed E-state index contributed by atoms with van der Waals surface area (Å²) in [6, 6.07) is 4.57. The average Bonchev–Trinajstić information content (AvgIpc) is 3.23. The fourth-order valence-corrected chi connectivity index (χ4v) is 3.80. The van der Waals surface area contributed by atoms with Gasteiger partial charge in [0.25, 0.3) is 11.6 Å². The lowest BCUT2D eigenvalue weighted by molar-refractivity contribution is 0.400. The zero-order chi connectivity index (χ0) is 21.1. The second kappa shape index (κ2) is 8.62. The number of pyridine rings is 1. The van der Waals surface area contributed by atoms with Crippen LogP contribution in [0.3, 0.4) is 0 Å². The Labute approximate surface area is 167 Å². The van der Waals surface area contributed by atoms with Crippen molar-refractivity contribution in [1.82, 2.24) is 18.9 Å². The van der Waals surface area contributed by atoms with Crippen molar-refractivity contribution in [3.05, 3.63) is 73.9 Å². The summed E-state index contributed by atoms with van der Waals surface area (Å²) in [5.41, 5.74) is 4.31. The van der Waals surface area contributed by atoms with Gasteiger partial charge < -0.3 is 10.3 Å². The molecule has 0 fully saturated rings. The number of nitrogens with two attached hydrogens (primary N) is 1. The molecule has 3 rings (SSSR count). The molecule has 0 unspecified atom stereocenters. The first-order chi connectivity index (χ1) is 13.8. The van der Waals surface area contributed by atoms with Gasteiger partial charge in [0.2, 0.25) is 0 Å². The van der Waals surface area contributed by atoms with Crippen LogP contribution in [0.5, 0.6) is 0 Å². The van der Waals surface area contributed by atoms with Crippen LogP contribution in [-0.2, 0) is 19.6 Å². The van der Waals surface area contributed by atoms with Crippen LogP contribution < -0.4 is 17.0 Å². The summed E-state index contributed by atoms with van der Waals surface area (Å²) in [6.45, 7) is 1.33. The molecule has 7 nitrogen and oxygen atoms in total. The van der Waals surface area contributed by atoms with E-state index >= 15 is 0 Å². The average molecular weight is 425 g/mol. The second-order valence-electron chi connectivity index (χ2n) is 6.16. The quantitative estimate of drug-likeness (QED) is 0.629. The highest BCUT2D eigenvalue weighted by molar-refractivity contribution is 7.15. The summed E-state index contributed by atoms with van der Waals surface area (Å²) in [5, 5.41) is 3.79. The summed E-state index contributed by atoms with van der Waals surface area (Å²) >= 11 is 1.05. The summed E-state index contributed by atoms with van der Waals surface area (Å²) < 4.78 is 43.4. The van der Waals surface area contributed by atoms with E-state index in [2.05, 4.69) is 5.10 Å². The Kier molecular flexibility index (Phi) is 6.18. The Morgan fingerprint density at radius 1 is 1.28 bits per heavy atom. The van der Waals surface area contributed by atoms with Crippen molar-refractivity contribution in [1.29, 1.82) is 0 Å². The maximum atomic E-state index is 14.4. The fourth-order valence-electron chi connectivity index (χ4n) is 2.75. The van der Waals surface area contributed by atoms with Gasteiger partial charge in [-0.05, 0) is 25.1 Å². The highest BCUT2D eigenvalue weighted by atomic mass is 32.1. The van der Waals surface area contributed by atoms with Crippen LogP contribution in [0.25, 0.3) is 10.4 Å². The van der Waals surface area contributed by atoms with E-state index in [1.165, 1.54) is 10.6 Å². The van der Waals surface area contributed by atoms with E-state index in [1.54, 1.807) is 18.3 Å². The number of aromatic nitrogens is 4. The van der Waals surface area contributed by atoms with Gasteiger partial charge in [-0.2, -0.15) is 13.9 Å². The second-order valence-corrected chi connectivity index (χ2v) is 7.30. The van der Waals surface area contributed by atoms with Gasteiger partial charge in [-0.3, -0.25) is 9.36 Å². The van der Waals surface area contributed by atoms with Gasteiger partial charge in [-0.15, -0.1) is 11.3 Å². The molecule has 0 aromatic carbocycles. The van der Waals surface area contributed by atoms with Crippen molar-refractivity contribution in [2.75, 3.05) is 6.54 Å². The van der Waals surface area contributed by atoms with Crippen LogP contribution in [0, 0.1) is 5.82 Å². The predicted molar refractivity (Wildman–Crippen MR) is 104 cm³/mol. The molecule has 0 saturated heterocycles. The molecule has 0 aliphatic carbocycles. The van der Waals surface area contributed by atoms with Gasteiger partial charge in [0.15, 0.2) is 0 Å². The number of aryl methyl sites for hydroxylation is 1. The van der Waals surface area contributed by atoms with Gasteiger partial charge >= 0.3 is 5.69 Å². The standard InChI is InChI=1S/C18H18F3N5O2S/c1-2-24-5-3-4-12(17(24)27)14-6-13(19)15(29-14)9-25-10-23-26(18(25)28)8-11(7-22)16(20)21/h3-6,10H,2,7-9,22H2,1H3. The SMILES string of the molecule is CCn1cccc(-c2cc(F)c(Cn3cnn(CC(CN)=C(F)F)c3=O)s2)c1=O.